The van der Waals surface area contributed by atoms with Crippen molar-refractivity contribution in [3.63, 3.8) is 0 Å². The third kappa shape index (κ3) is 3.53. The predicted molar refractivity (Wildman–Crippen MR) is 83.2 cm³/mol. The van der Waals surface area contributed by atoms with E-state index >= 15 is 0 Å². The molecule has 2 aromatic heterocycles. The van der Waals surface area contributed by atoms with Gasteiger partial charge in [-0.1, -0.05) is 23.2 Å². The van der Waals surface area contributed by atoms with Gasteiger partial charge in [-0.2, -0.15) is 5.26 Å². The molecule has 2 rings (SSSR count). The Kier molecular flexibility index (Phi) is 4.84. The average molecular weight is 341 g/mol. The first-order valence-corrected chi connectivity index (χ1v) is 7.48. The molecule has 108 valence electrons. The van der Waals surface area contributed by atoms with Gasteiger partial charge in [-0.3, -0.25) is 4.79 Å². The summed E-state index contributed by atoms with van der Waals surface area (Å²) in [6.45, 7) is 3.03. The van der Waals surface area contributed by atoms with E-state index in [4.69, 9.17) is 27.9 Å². The lowest BCUT2D eigenvalue weighted by Gasteiger charge is -2.09. The standard InChI is InChI=1S/C14H10Cl2N2O2S/c1-7-3-11(9-4-12(15)21-13(9)16)18-14(10(7)5-17)20-6-8(2)19/h3-4H,6H2,1-2H3. The SMILES string of the molecule is CC(=O)COc1nc(-c2cc(Cl)sc2Cl)cc(C)c1C#N. The van der Waals surface area contributed by atoms with E-state index in [0.717, 1.165) is 0 Å². The number of aryl methyl sites for hydroxylation is 1. The zero-order valence-corrected chi connectivity index (χ0v) is 13.6. The van der Waals surface area contributed by atoms with Gasteiger partial charge in [-0.15, -0.1) is 11.3 Å². The molecule has 0 amide bonds. The summed E-state index contributed by atoms with van der Waals surface area (Å²) in [6, 6.07) is 5.48. The van der Waals surface area contributed by atoms with Crippen LogP contribution < -0.4 is 4.74 Å². The highest BCUT2D eigenvalue weighted by Crippen LogP contribution is 2.38. The lowest BCUT2D eigenvalue weighted by atomic mass is 10.1. The molecule has 2 heterocycles. The summed E-state index contributed by atoms with van der Waals surface area (Å²) in [6.07, 6.45) is 0. The van der Waals surface area contributed by atoms with Gasteiger partial charge in [0, 0.05) is 5.56 Å². The zero-order valence-electron chi connectivity index (χ0n) is 11.2. The van der Waals surface area contributed by atoms with Crippen LogP contribution in [0, 0.1) is 18.3 Å². The van der Waals surface area contributed by atoms with Crippen LogP contribution in [0.3, 0.4) is 0 Å². The number of rotatable bonds is 4. The summed E-state index contributed by atoms with van der Waals surface area (Å²) < 4.78 is 6.38. The van der Waals surface area contributed by atoms with Gasteiger partial charge in [0.05, 0.1) is 10.0 Å². The highest BCUT2D eigenvalue weighted by molar-refractivity contribution is 7.20. The van der Waals surface area contributed by atoms with Crippen molar-refractivity contribution in [2.75, 3.05) is 6.61 Å². The second-order valence-corrected chi connectivity index (χ2v) is 6.63. The van der Waals surface area contributed by atoms with Crippen molar-refractivity contribution in [2.24, 2.45) is 0 Å². The zero-order chi connectivity index (χ0) is 15.6. The van der Waals surface area contributed by atoms with E-state index in [2.05, 4.69) is 4.98 Å². The lowest BCUT2D eigenvalue weighted by molar-refractivity contribution is -0.119. The van der Waals surface area contributed by atoms with Gasteiger partial charge in [0.15, 0.2) is 5.78 Å². The number of Topliss-reactive ketones (excluding diaryl/α,β-unsaturated/α-hetero) is 1. The highest BCUT2D eigenvalue weighted by Gasteiger charge is 2.16. The van der Waals surface area contributed by atoms with Crippen LogP contribution in [-0.4, -0.2) is 17.4 Å². The fourth-order valence-electron chi connectivity index (χ4n) is 1.71. The van der Waals surface area contributed by atoms with E-state index in [9.17, 15) is 10.1 Å². The van der Waals surface area contributed by atoms with Crippen molar-refractivity contribution in [3.8, 4) is 23.2 Å². The van der Waals surface area contributed by atoms with Crippen molar-refractivity contribution >= 4 is 40.3 Å². The van der Waals surface area contributed by atoms with Crippen LogP contribution in [0.2, 0.25) is 8.67 Å². The number of halogens is 2. The molecule has 7 heteroatoms. The summed E-state index contributed by atoms with van der Waals surface area (Å²) in [5, 5.41) is 9.18. The van der Waals surface area contributed by atoms with Crippen molar-refractivity contribution in [3.05, 3.63) is 31.9 Å². The molecule has 2 aromatic rings. The number of pyridine rings is 1. The molecule has 0 spiro atoms. The topological polar surface area (TPSA) is 63.0 Å². The number of carbonyl (C=O) groups excluding carboxylic acids is 1. The molecule has 0 radical (unpaired) electrons. The largest absolute Gasteiger partial charge is 0.469 e. The maximum Gasteiger partial charge on any atom is 0.232 e. The molecule has 0 aliphatic rings. The maximum atomic E-state index is 11.0. The van der Waals surface area contributed by atoms with Crippen molar-refractivity contribution in [1.29, 1.82) is 5.26 Å². The molecular formula is C14H10Cl2N2O2S. The molecule has 0 aromatic carbocycles. The monoisotopic (exact) mass is 340 g/mol. The quantitative estimate of drug-likeness (QED) is 0.833. The minimum absolute atomic E-state index is 0.126. The van der Waals surface area contributed by atoms with Crippen LogP contribution in [0.5, 0.6) is 5.88 Å². The molecule has 0 unspecified atom stereocenters. The van der Waals surface area contributed by atoms with Crippen LogP contribution in [0.4, 0.5) is 0 Å². The van der Waals surface area contributed by atoms with Gasteiger partial charge in [0.2, 0.25) is 5.88 Å². The first-order chi connectivity index (χ1) is 9.92. The number of ether oxygens (including phenoxy) is 1. The van der Waals surface area contributed by atoms with E-state index < -0.39 is 0 Å². The third-order valence-electron chi connectivity index (χ3n) is 2.64. The number of thiophene rings is 1. The Hall–Kier alpha value is -1.61. The van der Waals surface area contributed by atoms with Gasteiger partial charge in [-0.05, 0) is 31.5 Å². The number of carbonyl (C=O) groups is 1. The summed E-state index contributed by atoms with van der Waals surface area (Å²) in [5.41, 5.74) is 2.22. The molecule has 0 N–H and O–H groups in total. The Bertz CT molecular complexity index is 750. The second-order valence-electron chi connectivity index (χ2n) is 4.34. The summed E-state index contributed by atoms with van der Waals surface area (Å²) >= 11 is 13.3. The Labute approximate surface area is 135 Å². The Morgan fingerprint density at radius 2 is 2.19 bits per heavy atom. The van der Waals surface area contributed by atoms with Gasteiger partial charge >= 0.3 is 0 Å². The number of nitrogens with zero attached hydrogens (tertiary/aromatic N) is 2. The third-order valence-corrected chi connectivity index (χ3v) is 4.13. The minimum atomic E-state index is -0.152. The molecular weight excluding hydrogens is 331 g/mol. The van der Waals surface area contributed by atoms with E-state index in [1.54, 1.807) is 19.1 Å². The first kappa shape index (κ1) is 15.8. The van der Waals surface area contributed by atoms with E-state index in [-0.39, 0.29) is 18.3 Å². The van der Waals surface area contributed by atoms with Crippen LogP contribution in [0.25, 0.3) is 11.3 Å². The molecule has 0 bridgehead atoms. The molecule has 0 atom stereocenters. The molecule has 0 fully saturated rings. The van der Waals surface area contributed by atoms with Crippen LogP contribution in [0.1, 0.15) is 18.1 Å². The van der Waals surface area contributed by atoms with E-state index in [1.807, 2.05) is 6.07 Å². The van der Waals surface area contributed by atoms with Crippen molar-refractivity contribution in [1.82, 2.24) is 4.98 Å². The number of hydrogen-bond donors (Lipinski definition) is 0. The number of ketones is 1. The molecule has 0 aliphatic carbocycles. The Balaban J connectivity index is 2.52. The average Bonchev–Trinajstić information content (AvgIpc) is 2.74. The maximum absolute atomic E-state index is 11.0. The fraction of sp³-hybridized carbons (Fsp3) is 0.214. The summed E-state index contributed by atoms with van der Waals surface area (Å²) in [4.78, 5) is 15.3. The fourth-order valence-corrected chi connectivity index (χ4v) is 3.19. The number of hydrogen-bond acceptors (Lipinski definition) is 5. The van der Waals surface area contributed by atoms with Crippen molar-refractivity contribution in [2.45, 2.75) is 13.8 Å². The van der Waals surface area contributed by atoms with Gasteiger partial charge in [0.25, 0.3) is 0 Å². The van der Waals surface area contributed by atoms with Crippen LogP contribution >= 0.6 is 34.5 Å². The van der Waals surface area contributed by atoms with Gasteiger partial charge < -0.3 is 4.74 Å². The molecule has 0 saturated heterocycles. The minimum Gasteiger partial charge on any atom is -0.469 e. The van der Waals surface area contributed by atoms with Gasteiger partial charge in [-0.25, -0.2) is 4.98 Å². The van der Waals surface area contributed by atoms with Crippen LogP contribution in [-0.2, 0) is 4.79 Å². The van der Waals surface area contributed by atoms with Crippen LogP contribution in [0.15, 0.2) is 12.1 Å². The lowest BCUT2D eigenvalue weighted by Crippen LogP contribution is -2.09. The Morgan fingerprint density at radius 3 is 2.71 bits per heavy atom. The molecule has 0 saturated carbocycles. The smallest absolute Gasteiger partial charge is 0.232 e. The molecule has 4 nitrogen and oxygen atoms in total. The molecule has 0 aliphatic heterocycles. The normalized spacial score (nSPS) is 10.2. The Morgan fingerprint density at radius 1 is 1.48 bits per heavy atom. The summed E-state index contributed by atoms with van der Waals surface area (Å²) in [7, 11) is 0. The summed E-state index contributed by atoms with van der Waals surface area (Å²) in [5.74, 6) is -0.0264. The predicted octanol–water partition coefficient (Wildman–Crippen LogP) is 4.26. The van der Waals surface area contributed by atoms with Gasteiger partial charge in [0.1, 0.15) is 22.6 Å². The highest BCUT2D eigenvalue weighted by atomic mass is 35.5. The first-order valence-electron chi connectivity index (χ1n) is 5.91. The molecule has 21 heavy (non-hydrogen) atoms. The van der Waals surface area contributed by atoms with Crippen molar-refractivity contribution < 1.29 is 9.53 Å². The van der Waals surface area contributed by atoms with E-state index in [1.165, 1.54) is 18.3 Å². The number of nitriles is 1. The van der Waals surface area contributed by atoms with E-state index in [0.29, 0.717) is 31.1 Å². The number of aromatic nitrogens is 1. The second kappa shape index (κ2) is 6.44.